The van der Waals surface area contributed by atoms with E-state index in [1.54, 1.807) is 54.3 Å². The predicted molar refractivity (Wildman–Crippen MR) is 114 cm³/mol. The van der Waals surface area contributed by atoms with Crippen molar-refractivity contribution in [1.82, 2.24) is 9.88 Å². The van der Waals surface area contributed by atoms with Crippen molar-refractivity contribution in [1.29, 1.82) is 0 Å². The van der Waals surface area contributed by atoms with E-state index >= 15 is 0 Å². The largest absolute Gasteiger partial charge is 0.337 e. The van der Waals surface area contributed by atoms with Crippen molar-refractivity contribution in [3.8, 4) is 0 Å². The zero-order valence-electron chi connectivity index (χ0n) is 16.7. The van der Waals surface area contributed by atoms with E-state index < -0.39 is 15.5 Å². The molecule has 7 heteroatoms. The van der Waals surface area contributed by atoms with Crippen molar-refractivity contribution in [2.45, 2.75) is 36.1 Å². The highest BCUT2D eigenvalue weighted by Crippen LogP contribution is 2.27. The van der Waals surface area contributed by atoms with Gasteiger partial charge in [-0.3, -0.25) is 4.79 Å². The van der Waals surface area contributed by atoms with Crippen molar-refractivity contribution < 1.29 is 17.6 Å². The molecule has 2 aromatic carbocycles. The topological polar surface area (TPSA) is 67.3 Å². The lowest BCUT2D eigenvalue weighted by Crippen LogP contribution is -2.43. The molecule has 1 fully saturated rings. The number of benzene rings is 2. The zero-order valence-corrected chi connectivity index (χ0v) is 17.5. The first-order valence-electron chi connectivity index (χ1n) is 9.90. The van der Waals surface area contributed by atoms with Gasteiger partial charge in [0.25, 0.3) is 5.91 Å². The van der Waals surface area contributed by atoms with Crippen LogP contribution in [0, 0.1) is 0 Å². The zero-order chi connectivity index (χ0) is 21.4. The van der Waals surface area contributed by atoms with Gasteiger partial charge in [-0.25, -0.2) is 17.8 Å². The number of alkyl halides is 1. The third-order valence-electron chi connectivity index (χ3n) is 5.54. The van der Waals surface area contributed by atoms with E-state index in [9.17, 15) is 17.6 Å². The molecule has 0 N–H and O–H groups in total. The maximum Gasteiger partial charge on any atom is 0.272 e. The van der Waals surface area contributed by atoms with Gasteiger partial charge in [-0.15, -0.1) is 0 Å². The van der Waals surface area contributed by atoms with Crippen LogP contribution in [0.3, 0.4) is 0 Å². The van der Waals surface area contributed by atoms with E-state index in [1.807, 2.05) is 18.2 Å². The van der Waals surface area contributed by atoms with Gasteiger partial charge in [0.1, 0.15) is 11.4 Å². The van der Waals surface area contributed by atoms with Crippen molar-refractivity contribution in [2.75, 3.05) is 13.1 Å². The number of hydrogen-bond donors (Lipinski definition) is 0. The lowest BCUT2D eigenvalue weighted by molar-refractivity contribution is 0.0499. The Morgan fingerprint density at radius 3 is 2.47 bits per heavy atom. The third-order valence-corrected chi connectivity index (χ3v) is 7.24. The van der Waals surface area contributed by atoms with E-state index in [0.29, 0.717) is 24.2 Å². The minimum atomic E-state index is -3.66. The molecule has 1 saturated heterocycles. The van der Waals surface area contributed by atoms with Gasteiger partial charge < -0.3 is 4.90 Å². The van der Waals surface area contributed by atoms with Gasteiger partial charge in [0.05, 0.1) is 16.3 Å². The number of amides is 1. The highest BCUT2D eigenvalue weighted by Gasteiger charge is 2.32. The van der Waals surface area contributed by atoms with Crippen LogP contribution in [0.4, 0.5) is 4.39 Å². The molecule has 0 spiro atoms. The average Bonchev–Trinajstić information content (AvgIpc) is 2.72. The fraction of sp³-hybridized carbons (Fsp3) is 0.304. The van der Waals surface area contributed by atoms with Gasteiger partial charge in [-0.2, -0.15) is 0 Å². The van der Waals surface area contributed by atoms with Crippen LogP contribution >= 0.6 is 0 Å². The summed E-state index contributed by atoms with van der Waals surface area (Å²) in [4.78, 5) is 18.9. The molecule has 0 radical (unpaired) electrons. The van der Waals surface area contributed by atoms with E-state index in [0.717, 1.165) is 5.39 Å². The number of aromatic nitrogens is 1. The Morgan fingerprint density at radius 2 is 1.70 bits per heavy atom. The Balaban J connectivity index is 1.58. The lowest BCUT2D eigenvalue weighted by Gasteiger charge is -2.34. The van der Waals surface area contributed by atoms with Crippen molar-refractivity contribution >= 4 is 26.5 Å². The second kappa shape index (κ2) is 7.80. The molecule has 0 aliphatic carbocycles. The van der Waals surface area contributed by atoms with Gasteiger partial charge in [-0.1, -0.05) is 42.5 Å². The third kappa shape index (κ3) is 4.21. The number of carbonyl (C=O) groups is 1. The van der Waals surface area contributed by atoms with Crippen LogP contribution < -0.4 is 0 Å². The first-order chi connectivity index (χ1) is 14.3. The van der Waals surface area contributed by atoms with Crippen LogP contribution in [-0.2, 0) is 15.6 Å². The summed E-state index contributed by atoms with van der Waals surface area (Å²) in [7, 11) is -3.66. The summed E-state index contributed by atoms with van der Waals surface area (Å²) >= 11 is 0. The molecular formula is C23H23FN2O3S. The number of halogens is 1. The molecular weight excluding hydrogens is 403 g/mol. The average molecular weight is 427 g/mol. The summed E-state index contributed by atoms with van der Waals surface area (Å²) in [6.07, 6.45) is 0.571. The molecule has 4 rings (SSSR count). The standard InChI is InChI=1S/C23H23FN2O3S/c1-23(24)12-14-26(15-13-23)22(27)20-10-5-8-18(25-20)16-30(28,29)21-11-4-7-17-6-2-3-9-19(17)21/h2-11H,12-16H2,1H3. The normalized spacial score (nSPS) is 16.5. The summed E-state index contributed by atoms with van der Waals surface area (Å²) in [6.45, 7) is 2.20. The van der Waals surface area contributed by atoms with Gasteiger partial charge >= 0.3 is 0 Å². The second-order valence-electron chi connectivity index (χ2n) is 7.96. The number of sulfone groups is 1. The van der Waals surface area contributed by atoms with Gasteiger partial charge in [-0.05, 0) is 43.4 Å². The van der Waals surface area contributed by atoms with Crippen LogP contribution in [0.15, 0.2) is 65.6 Å². The second-order valence-corrected chi connectivity index (χ2v) is 9.91. The number of rotatable bonds is 4. The van der Waals surface area contributed by atoms with Crippen molar-refractivity contribution in [3.05, 3.63) is 72.1 Å². The van der Waals surface area contributed by atoms with Crippen molar-refractivity contribution in [3.63, 3.8) is 0 Å². The highest BCUT2D eigenvalue weighted by atomic mass is 32.2. The van der Waals surface area contributed by atoms with E-state index in [2.05, 4.69) is 4.98 Å². The van der Waals surface area contributed by atoms with Crippen LogP contribution in [0.2, 0.25) is 0 Å². The molecule has 5 nitrogen and oxygen atoms in total. The fourth-order valence-corrected chi connectivity index (χ4v) is 5.27. The summed E-state index contributed by atoms with van der Waals surface area (Å²) in [6, 6.07) is 17.3. The molecule has 30 heavy (non-hydrogen) atoms. The summed E-state index contributed by atoms with van der Waals surface area (Å²) in [5.74, 6) is -0.597. The lowest BCUT2D eigenvalue weighted by atomic mass is 9.95. The molecule has 2 heterocycles. The van der Waals surface area contributed by atoms with Gasteiger partial charge in [0, 0.05) is 18.5 Å². The van der Waals surface area contributed by atoms with Crippen molar-refractivity contribution in [2.24, 2.45) is 0 Å². The molecule has 1 aliphatic heterocycles. The number of nitrogens with zero attached hydrogens (tertiary/aromatic N) is 2. The summed E-state index contributed by atoms with van der Waals surface area (Å²) in [5.41, 5.74) is -0.761. The Hall–Kier alpha value is -2.80. The Labute approximate surface area is 175 Å². The maximum atomic E-state index is 14.0. The number of carbonyl (C=O) groups excluding carboxylic acids is 1. The van der Waals surface area contributed by atoms with Crippen LogP contribution in [0.25, 0.3) is 10.8 Å². The molecule has 1 amide bonds. The monoisotopic (exact) mass is 426 g/mol. The molecule has 0 atom stereocenters. The van der Waals surface area contributed by atoms with Crippen LogP contribution in [-0.4, -0.2) is 43.0 Å². The molecule has 0 bridgehead atoms. The molecule has 1 aliphatic rings. The Kier molecular flexibility index (Phi) is 5.32. The molecule has 1 aromatic heterocycles. The van der Waals surface area contributed by atoms with Crippen LogP contribution in [0.5, 0.6) is 0 Å². The number of hydrogen-bond acceptors (Lipinski definition) is 4. The van der Waals surface area contributed by atoms with Gasteiger partial charge in [0.2, 0.25) is 0 Å². The number of piperidine rings is 1. The number of likely N-dealkylation sites (tertiary alicyclic amines) is 1. The fourth-order valence-electron chi connectivity index (χ4n) is 3.76. The minimum Gasteiger partial charge on any atom is -0.337 e. The van der Waals surface area contributed by atoms with E-state index in [-0.39, 0.29) is 35.1 Å². The van der Waals surface area contributed by atoms with Crippen LogP contribution in [0.1, 0.15) is 35.9 Å². The van der Waals surface area contributed by atoms with E-state index in [4.69, 9.17) is 0 Å². The molecule has 3 aromatic rings. The smallest absolute Gasteiger partial charge is 0.272 e. The van der Waals surface area contributed by atoms with E-state index in [1.165, 1.54) is 0 Å². The Morgan fingerprint density at radius 1 is 1.03 bits per heavy atom. The maximum absolute atomic E-state index is 14.0. The highest BCUT2D eigenvalue weighted by molar-refractivity contribution is 7.90. The first kappa shape index (κ1) is 20.5. The minimum absolute atomic E-state index is 0.183. The van der Waals surface area contributed by atoms with Gasteiger partial charge in [0.15, 0.2) is 9.84 Å². The molecule has 0 unspecified atom stereocenters. The predicted octanol–water partition coefficient (Wildman–Crippen LogP) is 4.17. The first-order valence-corrected chi connectivity index (χ1v) is 11.6. The SMILES string of the molecule is CC1(F)CCN(C(=O)c2cccc(CS(=O)(=O)c3cccc4ccccc34)n2)CC1. The summed E-state index contributed by atoms with van der Waals surface area (Å²) in [5, 5.41) is 1.51. The number of pyridine rings is 1. The summed E-state index contributed by atoms with van der Waals surface area (Å²) < 4.78 is 40.2. The Bertz CT molecular complexity index is 1190. The molecule has 156 valence electrons. The quantitative estimate of drug-likeness (QED) is 0.628. The molecule has 0 saturated carbocycles. The number of fused-ring (bicyclic) bond motifs is 1.